The molecule has 2 atom stereocenters. The van der Waals surface area contributed by atoms with E-state index in [0.29, 0.717) is 18.7 Å². The lowest BCUT2D eigenvalue weighted by Gasteiger charge is -2.31. The Kier molecular flexibility index (Phi) is 9.26. The van der Waals surface area contributed by atoms with Gasteiger partial charge in [0.2, 0.25) is 11.8 Å². The summed E-state index contributed by atoms with van der Waals surface area (Å²) in [5.41, 5.74) is 2.18. The van der Waals surface area contributed by atoms with Gasteiger partial charge in [0.1, 0.15) is 6.04 Å². The van der Waals surface area contributed by atoms with Crippen molar-refractivity contribution in [1.29, 1.82) is 0 Å². The van der Waals surface area contributed by atoms with Gasteiger partial charge in [-0.05, 0) is 44.4 Å². The molecule has 2 amide bonds. The molecule has 0 bridgehead atoms. The van der Waals surface area contributed by atoms with Gasteiger partial charge in [-0.2, -0.15) is 0 Å². The number of amides is 2. The maximum atomic E-state index is 13.2. The molecule has 0 fully saturated rings. The molecule has 0 heterocycles. The molecule has 5 heteroatoms. The first-order valence-electron chi connectivity index (χ1n) is 10.3. The summed E-state index contributed by atoms with van der Waals surface area (Å²) in [5, 5.41) is 3.05. The maximum absolute atomic E-state index is 13.2. The summed E-state index contributed by atoms with van der Waals surface area (Å²) in [4.78, 5) is 28.9. The molecular weight excluding hydrogens is 380 g/mol. The molecule has 156 valence electrons. The minimum atomic E-state index is -0.478. The van der Waals surface area contributed by atoms with E-state index in [0.717, 1.165) is 22.4 Å². The number of nitrogens with zero attached hydrogens (tertiary/aromatic N) is 1. The quantitative estimate of drug-likeness (QED) is 0.570. The van der Waals surface area contributed by atoms with Gasteiger partial charge >= 0.3 is 0 Å². The topological polar surface area (TPSA) is 49.4 Å². The minimum absolute atomic E-state index is 0.0217. The molecular formula is C24H32N2O2S. The van der Waals surface area contributed by atoms with Gasteiger partial charge in [-0.15, -0.1) is 11.8 Å². The Morgan fingerprint density at radius 1 is 1.03 bits per heavy atom. The van der Waals surface area contributed by atoms with Gasteiger partial charge in [0.05, 0.1) is 5.75 Å². The molecule has 29 heavy (non-hydrogen) atoms. The predicted octanol–water partition coefficient (Wildman–Crippen LogP) is 4.81. The van der Waals surface area contributed by atoms with Gasteiger partial charge < -0.3 is 10.2 Å². The van der Waals surface area contributed by atoms with Crippen molar-refractivity contribution in [3.05, 3.63) is 65.7 Å². The molecule has 2 aromatic carbocycles. The smallest absolute Gasteiger partial charge is 0.243 e. The maximum Gasteiger partial charge on any atom is 0.243 e. The highest BCUT2D eigenvalue weighted by atomic mass is 32.2. The second-order valence-corrected chi connectivity index (χ2v) is 8.40. The molecule has 0 aromatic heterocycles. The fraction of sp³-hybridized carbons (Fsp3) is 0.417. The van der Waals surface area contributed by atoms with E-state index in [2.05, 4.69) is 11.4 Å². The molecule has 1 N–H and O–H groups in total. The van der Waals surface area contributed by atoms with Crippen LogP contribution in [-0.2, 0) is 16.1 Å². The van der Waals surface area contributed by atoms with Crippen LogP contribution in [0.25, 0.3) is 0 Å². The summed E-state index contributed by atoms with van der Waals surface area (Å²) in [6.07, 6.45) is 1.44. The number of hydrogen-bond donors (Lipinski definition) is 1. The van der Waals surface area contributed by atoms with Crippen LogP contribution in [0.3, 0.4) is 0 Å². The lowest BCUT2D eigenvalue weighted by atomic mass is 10.1. The SMILES string of the molecule is CC[C@H](C(=O)N[C@@H](C)CC)N(Cc1cccc(C)c1)C(=O)CSc1ccccc1. The van der Waals surface area contributed by atoms with Crippen molar-refractivity contribution in [1.82, 2.24) is 10.2 Å². The summed E-state index contributed by atoms with van der Waals surface area (Å²) in [6.45, 7) is 8.46. The molecule has 0 spiro atoms. The third-order valence-corrected chi connectivity index (χ3v) is 5.92. The van der Waals surface area contributed by atoms with Crippen molar-refractivity contribution >= 4 is 23.6 Å². The van der Waals surface area contributed by atoms with Gasteiger partial charge in [-0.25, -0.2) is 0 Å². The van der Waals surface area contributed by atoms with Gasteiger partial charge in [0.25, 0.3) is 0 Å². The highest BCUT2D eigenvalue weighted by molar-refractivity contribution is 8.00. The Morgan fingerprint density at radius 3 is 2.38 bits per heavy atom. The van der Waals surface area contributed by atoms with Crippen molar-refractivity contribution in [2.24, 2.45) is 0 Å². The fourth-order valence-electron chi connectivity index (χ4n) is 3.11. The van der Waals surface area contributed by atoms with Crippen LogP contribution in [0.1, 0.15) is 44.7 Å². The fourth-order valence-corrected chi connectivity index (χ4v) is 3.92. The third-order valence-electron chi connectivity index (χ3n) is 4.93. The van der Waals surface area contributed by atoms with E-state index < -0.39 is 6.04 Å². The highest BCUT2D eigenvalue weighted by Crippen LogP contribution is 2.20. The van der Waals surface area contributed by atoms with Crippen LogP contribution in [0.2, 0.25) is 0 Å². The summed E-state index contributed by atoms with van der Waals surface area (Å²) in [5.74, 6) is 0.210. The summed E-state index contributed by atoms with van der Waals surface area (Å²) >= 11 is 1.51. The Balaban J connectivity index is 2.20. The zero-order chi connectivity index (χ0) is 21.2. The van der Waals surface area contributed by atoms with Gasteiger partial charge in [0, 0.05) is 17.5 Å². The Labute approximate surface area is 179 Å². The zero-order valence-corrected chi connectivity index (χ0v) is 18.7. The van der Waals surface area contributed by atoms with Crippen molar-refractivity contribution in [2.75, 3.05) is 5.75 Å². The van der Waals surface area contributed by atoms with Crippen LogP contribution in [-0.4, -0.2) is 34.6 Å². The minimum Gasteiger partial charge on any atom is -0.352 e. The molecule has 0 unspecified atom stereocenters. The average molecular weight is 413 g/mol. The highest BCUT2D eigenvalue weighted by Gasteiger charge is 2.29. The number of carbonyl (C=O) groups is 2. The van der Waals surface area contributed by atoms with Gasteiger partial charge in [0.15, 0.2) is 0 Å². The number of nitrogens with one attached hydrogen (secondary N) is 1. The molecule has 0 aliphatic heterocycles. The standard InChI is InChI=1S/C24H32N2O2S/c1-5-19(4)25-24(28)22(6-2)26(16-20-12-10-11-18(3)15-20)23(27)17-29-21-13-8-7-9-14-21/h7-15,19,22H,5-6,16-17H2,1-4H3,(H,25,28)/t19-,22+/m0/s1. The second-order valence-electron chi connectivity index (χ2n) is 7.35. The van der Waals surface area contributed by atoms with Gasteiger partial charge in [-0.1, -0.05) is 61.9 Å². The van der Waals surface area contributed by atoms with E-state index >= 15 is 0 Å². The number of thioether (sulfide) groups is 1. The number of hydrogen-bond acceptors (Lipinski definition) is 3. The summed E-state index contributed by atoms with van der Waals surface area (Å²) in [6, 6.07) is 17.6. The first-order valence-corrected chi connectivity index (χ1v) is 11.3. The van der Waals surface area contributed by atoms with E-state index in [9.17, 15) is 9.59 Å². The Morgan fingerprint density at radius 2 is 1.76 bits per heavy atom. The van der Waals surface area contributed by atoms with E-state index in [-0.39, 0.29) is 17.9 Å². The van der Waals surface area contributed by atoms with Crippen molar-refractivity contribution in [3.63, 3.8) is 0 Å². The Bertz CT molecular complexity index is 794. The van der Waals surface area contributed by atoms with Crippen LogP contribution < -0.4 is 5.32 Å². The molecule has 2 aromatic rings. The number of carbonyl (C=O) groups excluding carboxylic acids is 2. The molecule has 0 aliphatic rings. The van der Waals surface area contributed by atoms with Crippen LogP contribution >= 0.6 is 11.8 Å². The van der Waals surface area contributed by atoms with E-state index in [4.69, 9.17) is 0 Å². The van der Waals surface area contributed by atoms with Crippen LogP contribution in [0, 0.1) is 6.92 Å². The van der Waals surface area contributed by atoms with E-state index in [1.54, 1.807) is 4.90 Å². The normalized spacial score (nSPS) is 12.8. The lowest BCUT2D eigenvalue weighted by Crippen LogP contribution is -2.51. The molecule has 0 saturated carbocycles. The van der Waals surface area contributed by atoms with E-state index in [1.807, 2.05) is 76.2 Å². The van der Waals surface area contributed by atoms with Crippen LogP contribution in [0.15, 0.2) is 59.5 Å². The number of benzene rings is 2. The molecule has 0 saturated heterocycles. The predicted molar refractivity (Wildman–Crippen MR) is 121 cm³/mol. The largest absolute Gasteiger partial charge is 0.352 e. The molecule has 4 nitrogen and oxygen atoms in total. The number of rotatable bonds is 10. The third kappa shape index (κ3) is 7.24. The summed E-state index contributed by atoms with van der Waals surface area (Å²) in [7, 11) is 0. The van der Waals surface area contributed by atoms with Crippen LogP contribution in [0.4, 0.5) is 0 Å². The van der Waals surface area contributed by atoms with Gasteiger partial charge in [-0.3, -0.25) is 9.59 Å². The summed E-state index contributed by atoms with van der Waals surface area (Å²) < 4.78 is 0. The van der Waals surface area contributed by atoms with Crippen molar-refractivity contribution < 1.29 is 9.59 Å². The zero-order valence-electron chi connectivity index (χ0n) is 17.9. The molecule has 0 aliphatic carbocycles. The first-order chi connectivity index (χ1) is 13.9. The lowest BCUT2D eigenvalue weighted by molar-refractivity contribution is -0.139. The average Bonchev–Trinajstić information content (AvgIpc) is 2.72. The monoisotopic (exact) mass is 412 g/mol. The number of aryl methyl sites for hydroxylation is 1. The molecule has 0 radical (unpaired) electrons. The Hall–Kier alpha value is -2.27. The van der Waals surface area contributed by atoms with E-state index in [1.165, 1.54) is 11.8 Å². The van der Waals surface area contributed by atoms with Crippen molar-refractivity contribution in [3.8, 4) is 0 Å². The van der Waals surface area contributed by atoms with Crippen LogP contribution in [0.5, 0.6) is 0 Å². The second kappa shape index (κ2) is 11.7. The molecule has 2 rings (SSSR count). The first kappa shape index (κ1) is 23.0. The van der Waals surface area contributed by atoms with Crippen molar-refractivity contribution in [2.45, 2.75) is 64.1 Å².